The van der Waals surface area contributed by atoms with E-state index < -0.39 is 0 Å². The number of benzene rings is 1. The molecule has 1 aromatic carbocycles. The molecule has 2 heterocycles. The molecule has 5 nitrogen and oxygen atoms in total. The van der Waals surface area contributed by atoms with Crippen molar-refractivity contribution < 1.29 is 9.53 Å². The third kappa shape index (κ3) is 3.23. The molecule has 0 N–H and O–H groups in total. The summed E-state index contributed by atoms with van der Waals surface area (Å²) in [5.74, 6) is 6.86. The Bertz CT molecular complexity index is 921. The quantitative estimate of drug-likeness (QED) is 0.780. The van der Waals surface area contributed by atoms with Crippen LogP contribution in [-0.2, 0) is 11.3 Å². The summed E-state index contributed by atoms with van der Waals surface area (Å²) in [5.41, 5.74) is 2.77. The molecule has 1 saturated carbocycles. The van der Waals surface area contributed by atoms with Crippen molar-refractivity contribution >= 4 is 17.5 Å². The van der Waals surface area contributed by atoms with Crippen molar-refractivity contribution in [3.63, 3.8) is 0 Å². The SMILES string of the molecule is CC(C#Cc1ncn2c1CN(C)C(=O)c1c(Cl)cccc1-2)OCC1CC1. The van der Waals surface area contributed by atoms with Gasteiger partial charge in [-0.1, -0.05) is 23.6 Å². The highest BCUT2D eigenvalue weighted by molar-refractivity contribution is 6.34. The van der Waals surface area contributed by atoms with Crippen LogP contribution in [0.4, 0.5) is 0 Å². The van der Waals surface area contributed by atoms with Crippen molar-refractivity contribution in [2.45, 2.75) is 32.4 Å². The van der Waals surface area contributed by atoms with E-state index >= 15 is 0 Å². The Labute approximate surface area is 157 Å². The number of aromatic nitrogens is 2. The van der Waals surface area contributed by atoms with Gasteiger partial charge in [-0.15, -0.1) is 0 Å². The Kier molecular flexibility index (Phi) is 4.47. The predicted molar refractivity (Wildman–Crippen MR) is 99.4 cm³/mol. The lowest BCUT2D eigenvalue weighted by Gasteiger charge is -2.14. The Hall–Kier alpha value is -2.29. The van der Waals surface area contributed by atoms with Crippen molar-refractivity contribution in [1.29, 1.82) is 0 Å². The smallest absolute Gasteiger partial charge is 0.257 e. The molecule has 1 aliphatic heterocycles. The van der Waals surface area contributed by atoms with Crippen molar-refractivity contribution in [1.82, 2.24) is 14.5 Å². The van der Waals surface area contributed by atoms with Gasteiger partial charge in [0.25, 0.3) is 5.91 Å². The Balaban J connectivity index is 1.67. The van der Waals surface area contributed by atoms with Crippen LogP contribution < -0.4 is 0 Å². The monoisotopic (exact) mass is 369 g/mol. The normalized spacial score (nSPS) is 17.0. The molecule has 0 bridgehead atoms. The summed E-state index contributed by atoms with van der Waals surface area (Å²) in [6, 6.07) is 5.44. The van der Waals surface area contributed by atoms with Crippen LogP contribution in [0.15, 0.2) is 24.5 Å². The number of imidazole rings is 1. The summed E-state index contributed by atoms with van der Waals surface area (Å²) >= 11 is 6.29. The number of hydrogen-bond donors (Lipinski definition) is 0. The van der Waals surface area contributed by atoms with Crippen LogP contribution in [0.2, 0.25) is 5.02 Å². The fraction of sp³-hybridized carbons (Fsp3) is 0.400. The molecule has 1 aliphatic carbocycles. The highest BCUT2D eigenvalue weighted by Gasteiger charge is 2.27. The van der Waals surface area contributed by atoms with Crippen LogP contribution >= 0.6 is 11.6 Å². The minimum Gasteiger partial charge on any atom is -0.366 e. The summed E-state index contributed by atoms with van der Waals surface area (Å²) in [6.45, 7) is 3.15. The van der Waals surface area contributed by atoms with E-state index in [1.807, 2.05) is 23.6 Å². The number of carbonyl (C=O) groups is 1. The van der Waals surface area contributed by atoms with E-state index in [1.165, 1.54) is 12.8 Å². The maximum Gasteiger partial charge on any atom is 0.257 e. The molecule has 1 unspecified atom stereocenters. The van der Waals surface area contributed by atoms with Gasteiger partial charge >= 0.3 is 0 Å². The molecular formula is C20H20ClN3O2. The van der Waals surface area contributed by atoms with Crippen molar-refractivity contribution in [2.24, 2.45) is 5.92 Å². The molecule has 0 saturated heterocycles. The van der Waals surface area contributed by atoms with E-state index in [4.69, 9.17) is 16.3 Å². The molecule has 1 aromatic heterocycles. The van der Waals surface area contributed by atoms with Gasteiger partial charge in [-0.25, -0.2) is 4.98 Å². The molecule has 1 amide bonds. The fourth-order valence-electron chi connectivity index (χ4n) is 3.03. The van der Waals surface area contributed by atoms with E-state index in [0.717, 1.165) is 18.0 Å². The van der Waals surface area contributed by atoms with E-state index in [-0.39, 0.29) is 12.0 Å². The van der Waals surface area contributed by atoms with E-state index in [2.05, 4.69) is 16.8 Å². The second-order valence-electron chi connectivity index (χ2n) is 6.89. The van der Waals surface area contributed by atoms with Crippen molar-refractivity contribution in [3.05, 3.63) is 46.5 Å². The average Bonchev–Trinajstić information content (AvgIpc) is 3.39. The number of halogens is 1. The van der Waals surface area contributed by atoms with Crippen molar-refractivity contribution in [2.75, 3.05) is 13.7 Å². The van der Waals surface area contributed by atoms with Crippen LogP contribution in [0.25, 0.3) is 5.69 Å². The zero-order valence-electron chi connectivity index (χ0n) is 14.8. The number of carbonyl (C=O) groups excluding carboxylic acids is 1. The molecule has 4 rings (SSSR count). The minimum absolute atomic E-state index is 0.102. The Morgan fingerprint density at radius 2 is 2.23 bits per heavy atom. The first-order valence-electron chi connectivity index (χ1n) is 8.78. The minimum atomic E-state index is -0.139. The van der Waals surface area contributed by atoms with Crippen molar-refractivity contribution in [3.8, 4) is 17.5 Å². The Morgan fingerprint density at radius 1 is 1.42 bits per heavy atom. The summed E-state index contributed by atoms with van der Waals surface area (Å²) < 4.78 is 7.66. The first-order valence-corrected chi connectivity index (χ1v) is 9.16. The second-order valence-corrected chi connectivity index (χ2v) is 7.30. The van der Waals surface area contributed by atoms with Gasteiger partial charge in [-0.3, -0.25) is 9.36 Å². The molecule has 1 fully saturated rings. The predicted octanol–water partition coefficient (Wildman–Crippen LogP) is 3.28. The first kappa shape index (κ1) is 17.1. The number of hydrogen-bond acceptors (Lipinski definition) is 3. The first-order chi connectivity index (χ1) is 12.5. The second kappa shape index (κ2) is 6.79. The summed E-state index contributed by atoms with van der Waals surface area (Å²) in [7, 11) is 1.76. The molecule has 1 atom stereocenters. The highest BCUT2D eigenvalue weighted by atomic mass is 35.5. The number of amides is 1. The van der Waals surface area contributed by atoms with Crippen LogP contribution in [0.5, 0.6) is 0 Å². The summed E-state index contributed by atoms with van der Waals surface area (Å²) in [6.07, 6.45) is 4.09. The molecule has 0 spiro atoms. The fourth-order valence-corrected chi connectivity index (χ4v) is 3.28. The van der Waals surface area contributed by atoms with Crippen LogP contribution in [0.1, 0.15) is 41.5 Å². The van der Waals surface area contributed by atoms with Gasteiger partial charge in [0.1, 0.15) is 18.1 Å². The Morgan fingerprint density at radius 3 is 3.00 bits per heavy atom. The van der Waals surface area contributed by atoms with Crippen LogP contribution in [0.3, 0.4) is 0 Å². The van der Waals surface area contributed by atoms with Gasteiger partial charge in [-0.2, -0.15) is 0 Å². The average molecular weight is 370 g/mol. The third-order valence-corrected chi connectivity index (χ3v) is 5.05. The van der Waals surface area contributed by atoms with Gasteiger partial charge in [0.15, 0.2) is 0 Å². The van der Waals surface area contributed by atoms with E-state index in [0.29, 0.717) is 28.7 Å². The topological polar surface area (TPSA) is 47.4 Å². The lowest BCUT2D eigenvalue weighted by atomic mass is 10.1. The molecular weight excluding hydrogens is 350 g/mol. The number of nitrogens with zero attached hydrogens (tertiary/aromatic N) is 3. The maximum absolute atomic E-state index is 12.7. The summed E-state index contributed by atoms with van der Waals surface area (Å²) in [4.78, 5) is 18.8. The number of fused-ring (bicyclic) bond motifs is 3. The number of ether oxygens (including phenoxy) is 1. The summed E-state index contributed by atoms with van der Waals surface area (Å²) in [5, 5.41) is 0.440. The standard InChI is InChI=1S/C20H20ClN3O2/c1-13(26-11-14-7-8-14)6-9-16-18-10-23(2)20(25)19-15(21)4-3-5-17(19)24(18)12-22-16/h3-5,12-14H,7-8,10-11H2,1-2H3. The lowest BCUT2D eigenvalue weighted by Crippen LogP contribution is -2.25. The lowest BCUT2D eigenvalue weighted by molar-refractivity contribution is 0.0788. The van der Waals surface area contributed by atoms with Gasteiger partial charge < -0.3 is 9.64 Å². The van der Waals surface area contributed by atoms with Crippen LogP contribution in [-0.4, -0.2) is 40.1 Å². The van der Waals surface area contributed by atoms with Gasteiger partial charge in [-0.05, 0) is 43.7 Å². The van der Waals surface area contributed by atoms with Gasteiger partial charge in [0, 0.05) is 7.05 Å². The molecule has 2 aromatic rings. The largest absolute Gasteiger partial charge is 0.366 e. The zero-order chi connectivity index (χ0) is 18.3. The molecule has 26 heavy (non-hydrogen) atoms. The zero-order valence-corrected chi connectivity index (χ0v) is 15.6. The third-order valence-electron chi connectivity index (χ3n) is 4.74. The van der Waals surface area contributed by atoms with E-state index in [1.54, 1.807) is 24.3 Å². The molecule has 134 valence electrons. The van der Waals surface area contributed by atoms with Crippen LogP contribution in [0, 0.1) is 17.8 Å². The highest BCUT2D eigenvalue weighted by Crippen LogP contribution is 2.30. The number of rotatable bonds is 3. The molecule has 0 radical (unpaired) electrons. The molecule has 6 heteroatoms. The maximum atomic E-state index is 12.7. The van der Waals surface area contributed by atoms with Gasteiger partial charge in [0.05, 0.1) is 35.1 Å². The van der Waals surface area contributed by atoms with Gasteiger partial charge in [0.2, 0.25) is 0 Å². The molecule has 2 aliphatic rings. The van der Waals surface area contributed by atoms with E-state index in [9.17, 15) is 4.79 Å².